The second-order valence-electron chi connectivity index (χ2n) is 2.40. The van der Waals surface area contributed by atoms with Gasteiger partial charge in [0.05, 0.1) is 12.2 Å². The van der Waals surface area contributed by atoms with E-state index < -0.39 is 5.83 Å². The van der Waals surface area contributed by atoms with Crippen LogP contribution in [0.3, 0.4) is 0 Å². The predicted molar refractivity (Wildman–Crippen MR) is 48.3 cm³/mol. The number of halogens is 1. The van der Waals surface area contributed by atoms with Crippen LogP contribution in [0.25, 0.3) is 0 Å². The van der Waals surface area contributed by atoms with Crippen molar-refractivity contribution in [3.63, 3.8) is 0 Å². The van der Waals surface area contributed by atoms with E-state index in [1.54, 1.807) is 0 Å². The highest BCUT2D eigenvalue weighted by Gasteiger charge is 2.09. The van der Waals surface area contributed by atoms with Crippen molar-refractivity contribution < 1.29 is 4.39 Å². The quantitative estimate of drug-likeness (QED) is 0.476. The van der Waals surface area contributed by atoms with Crippen molar-refractivity contribution in [1.82, 2.24) is 4.90 Å². The summed E-state index contributed by atoms with van der Waals surface area (Å²) < 4.78 is 12.8. The Morgan fingerprint density at radius 3 is 3.15 bits per heavy atom. The number of hydrogen-bond donors (Lipinski definition) is 0. The van der Waals surface area contributed by atoms with E-state index in [0.29, 0.717) is 12.2 Å². The zero-order valence-corrected chi connectivity index (χ0v) is 6.94. The van der Waals surface area contributed by atoms with Gasteiger partial charge >= 0.3 is 0 Å². The Morgan fingerprint density at radius 1 is 1.85 bits per heavy atom. The lowest BCUT2D eigenvalue weighted by atomic mass is 10.3. The van der Waals surface area contributed by atoms with E-state index in [-0.39, 0.29) is 0 Å². The first-order chi connectivity index (χ1) is 6.26. The van der Waals surface area contributed by atoms with E-state index in [4.69, 9.17) is 5.26 Å². The fourth-order valence-electron chi connectivity index (χ4n) is 0.864. The predicted octanol–water partition coefficient (Wildman–Crippen LogP) is 1.73. The Balaban J connectivity index is 2.68. The second-order valence-corrected chi connectivity index (χ2v) is 2.40. The van der Waals surface area contributed by atoms with Crippen molar-refractivity contribution in [2.24, 2.45) is 4.99 Å². The topological polar surface area (TPSA) is 39.4 Å². The molecule has 1 aliphatic rings. The van der Waals surface area contributed by atoms with E-state index >= 15 is 0 Å². The number of nitrogens with zero attached hydrogens (tertiary/aromatic N) is 3. The van der Waals surface area contributed by atoms with Crippen molar-refractivity contribution in [2.75, 3.05) is 6.54 Å². The molecular weight excluding hydrogens is 169 g/mol. The highest BCUT2D eigenvalue weighted by Crippen LogP contribution is 2.10. The van der Waals surface area contributed by atoms with Gasteiger partial charge in [-0.1, -0.05) is 12.7 Å². The molecule has 0 aromatic rings. The van der Waals surface area contributed by atoms with E-state index in [1.807, 2.05) is 6.19 Å². The van der Waals surface area contributed by atoms with Gasteiger partial charge in [0.25, 0.3) is 0 Å². The average Bonchev–Trinajstić information content (AvgIpc) is 2.52. The van der Waals surface area contributed by atoms with E-state index in [1.165, 1.54) is 29.5 Å². The zero-order chi connectivity index (χ0) is 9.68. The van der Waals surface area contributed by atoms with Crippen molar-refractivity contribution in [1.29, 1.82) is 5.26 Å². The summed E-state index contributed by atoms with van der Waals surface area (Å²) in [6.45, 7) is 3.69. The van der Waals surface area contributed by atoms with Gasteiger partial charge in [-0.25, -0.2) is 9.38 Å². The molecule has 66 valence electrons. The molecule has 4 heteroatoms. The number of aliphatic imine (C=N–C) groups is 1. The van der Waals surface area contributed by atoms with Gasteiger partial charge in [0.1, 0.15) is 12.2 Å². The minimum Gasteiger partial charge on any atom is -0.263 e. The van der Waals surface area contributed by atoms with Crippen LogP contribution in [0.15, 0.2) is 41.3 Å². The molecule has 0 aliphatic carbocycles. The van der Waals surface area contributed by atoms with Gasteiger partial charge in [0, 0.05) is 0 Å². The van der Waals surface area contributed by atoms with Crippen molar-refractivity contribution in [2.45, 2.75) is 0 Å². The highest BCUT2D eigenvalue weighted by atomic mass is 19.1. The van der Waals surface area contributed by atoms with Gasteiger partial charge in [0.15, 0.2) is 6.19 Å². The monoisotopic (exact) mass is 177 g/mol. The lowest BCUT2D eigenvalue weighted by Gasteiger charge is -1.97. The molecule has 0 aromatic heterocycles. The fraction of sp³-hybridized carbons (Fsp3) is 0.111. The first-order valence-electron chi connectivity index (χ1n) is 3.65. The average molecular weight is 177 g/mol. The summed E-state index contributed by atoms with van der Waals surface area (Å²) in [4.78, 5) is 5.15. The molecule has 1 aliphatic heterocycles. The molecule has 0 saturated heterocycles. The van der Waals surface area contributed by atoms with Crippen LogP contribution in [0.2, 0.25) is 0 Å². The Kier molecular flexibility index (Phi) is 2.98. The van der Waals surface area contributed by atoms with Gasteiger partial charge in [-0.3, -0.25) is 4.90 Å². The normalized spacial score (nSPS) is 19.2. The lowest BCUT2D eigenvalue weighted by molar-refractivity contribution is 0.651. The molecule has 1 heterocycles. The first kappa shape index (κ1) is 9.20. The molecule has 0 unspecified atom stereocenters. The van der Waals surface area contributed by atoms with Gasteiger partial charge in [-0.05, 0) is 12.2 Å². The maximum absolute atomic E-state index is 12.8. The van der Waals surface area contributed by atoms with Crippen molar-refractivity contribution in [3.05, 3.63) is 36.3 Å². The van der Waals surface area contributed by atoms with Gasteiger partial charge in [-0.2, -0.15) is 5.26 Å². The van der Waals surface area contributed by atoms with E-state index in [2.05, 4.69) is 11.6 Å². The molecule has 0 amide bonds. The van der Waals surface area contributed by atoms with Crippen molar-refractivity contribution >= 4 is 6.34 Å². The van der Waals surface area contributed by atoms with Crippen LogP contribution in [-0.2, 0) is 0 Å². The van der Waals surface area contributed by atoms with Crippen LogP contribution in [0.1, 0.15) is 0 Å². The van der Waals surface area contributed by atoms with Crippen LogP contribution in [-0.4, -0.2) is 17.8 Å². The highest BCUT2D eigenvalue weighted by molar-refractivity contribution is 5.63. The number of rotatable bonds is 2. The summed E-state index contributed by atoms with van der Waals surface area (Å²) >= 11 is 0. The number of allylic oxidation sites excluding steroid dienone is 4. The van der Waals surface area contributed by atoms with Crippen LogP contribution in [0.4, 0.5) is 4.39 Å². The van der Waals surface area contributed by atoms with Crippen LogP contribution >= 0.6 is 0 Å². The molecule has 0 saturated carbocycles. The molecule has 3 nitrogen and oxygen atoms in total. The van der Waals surface area contributed by atoms with Gasteiger partial charge in [0.2, 0.25) is 0 Å². The van der Waals surface area contributed by atoms with E-state index in [0.717, 1.165) is 0 Å². The third-order valence-corrected chi connectivity index (χ3v) is 1.41. The van der Waals surface area contributed by atoms with Crippen LogP contribution < -0.4 is 0 Å². The zero-order valence-electron chi connectivity index (χ0n) is 6.94. The summed E-state index contributed by atoms with van der Waals surface area (Å²) in [5.41, 5.74) is 0.525. The van der Waals surface area contributed by atoms with Gasteiger partial charge in [-0.15, -0.1) is 0 Å². The Labute approximate surface area is 75.8 Å². The summed E-state index contributed by atoms with van der Waals surface area (Å²) in [6, 6.07) is 0. The number of nitriles is 1. The standard InChI is InChI=1S/C9H8FN3/c1-2-3-8(10)4-9-5-13(6-11)7-12-9/h2-4,7H,1,5H2/b8-3+,9-4+. The molecule has 0 atom stereocenters. The lowest BCUT2D eigenvalue weighted by Crippen LogP contribution is -2.10. The Bertz CT molecular complexity index is 333. The molecular formula is C9H8FN3. The summed E-state index contributed by atoms with van der Waals surface area (Å²) in [6.07, 6.45) is 7.11. The molecule has 0 spiro atoms. The molecule has 0 fully saturated rings. The minimum atomic E-state index is -0.415. The third kappa shape index (κ3) is 2.56. The minimum absolute atomic E-state index is 0.328. The molecule has 0 N–H and O–H groups in total. The maximum Gasteiger partial charge on any atom is 0.185 e. The Morgan fingerprint density at radius 2 is 2.62 bits per heavy atom. The summed E-state index contributed by atoms with van der Waals surface area (Å²) in [7, 11) is 0. The van der Waals surface area contributed by atoms with Gasteiger partial charge < -0.3 is 0 Å². The molecule has 0 radical (unpaired) electrons. The SMILES string of the molecule is C=C/C=C(F)\C=C1/CN(C#N)C=N1. The molecule has 13 heavy (non-hydrogen) atoms. The van der Waals surface area contributed by atoms with Crippen LogP contribution in [0, 0.1) is 11.5 Å². The number of hydrogen-bond acceptors (Lipinski definition) is 3. The summed E-state index contributed by atoms with van der Waals surface area (Å²) in [5.74, 6) is -0.415. The Hall–Kier alpha value is -1.89. The van der Waals surface area contributed by atoms with Crippen LogP contribution in [0.5, 0.6) is 0 Å². The fourth-order valence-corrected chi connectivity index (χ4v) is 0.864. The first-order valence-corrected chi connectivity index (χ1v) is 3.65. The molecule has 0 aromatic carbocycles. The van der Waals surface area contributed by atoms with E-state index in [9.17, 15) is 4.39 Å². The largest absolute Gasteiger partial charge is 0.263 e. The second kappa shape index (κ2) is 4.21. The van der Waals surface area contributed by atoms with Crippen molar-refractivity contribution in [3.8, 4) is 6.19 Å². The smallest absolute Gasteiger partial charge is 0.185 e. The molecule has 0 bridgehead atoms. The third-order valence-electron chi connectivity index (χ3n) is 1.41. The molecule has 1 rings (SSSR count). The maximum atomic E-state index is 12.8. The summed E-state index contributed by atoms with van der Waals surface area (Å²) in [5, 5.41) is 8.45.